The molecule has 1 aromatic heterocycles. The molecule has 1 aliphatic heterocycles. The number of nitrogens with zero attached hydrogens (tertiary/aromatic N) is 3. The number of morpholine rings is 1. The zero-order valence-corrected chi connectivity index (χ0v) is 18.5. The smallest absolute Gasteiger partial charge is 0.192 e. The van der Waals surface area contributed by atoms with Crippen molar-refractivity contribution in [2.75, 3.05) is 13.2 Å². The molecule has 1 aliphatic rings. The van der Waals surface area contributed by atoms with E-state index in [4.69, 9.17) is 15.0 Å². The van der Waals surface area contributed by atoms with Gasteiger partial charge in [0.05, 0.1) is 31.8 Å². The molecule has 3 aromatic rings. The maximum Gasteiger partial charge on any atom is 0.192 e. The van der Waals surface area contributed by atoms with Crippen molar-refractivity contribution in [3.05, 3.63) is 77.4 Å². The third-order valence-electron chi connectivity index (χ3n) is 5.72. The highest BCUT2D eigenvalue weighted by molar-refractivity contribution is 5.78. The number of halogens is 1. The Kier molecular flexibility index (Phi) is 6.85. The summed E-state index contributed by atoms with van der Waals surface area (Å²) in [4.78, 5) is 6.57. The van der Waals surface area contributed by atoms with Crippen LogP contribution in [0, 0.1) is 5.82 Å². The molecular weight excluding hydrogens is 407 g/mol. The van der Waals surface area contributed by atoms with Gasteiger partial charge in [0, 0.05) is 18.1 Å². The van der Waals surface area contributed by atoms with Crippen molar-refractivity contribution < 1.29 is 13.7 Å². The van der Waals surface area contributed by atoms with Gasteiger partial charge in [0.15, 0.2) is 5.96 Å². The van der Waals surface area contributed by atoms with Gasteiger partial charge in [-0.15, -0.1) is 0 Å². The summed E-state index contributed by atoms with van der Waals surface area (Å²) in [6.07, 6.45) is 1.29. The Balaban J connectivity index is 1.34. The second-order valence-corrected chi connectivity index (χ2v) is 8.28. The Bertz CT molecular complexity index is 1060. The first-order valence-corrected chi connectivity index (χ1v) is 11.0. The Morgan fingerprint density at radius 3 is 2.56 bits per heavy atom. The highest BCUT2D eigenvalue weighted by atomic mass is 19.1. The summed E-state index contributed by atoms with van der Waals surface area (Å²) >= 11 is 0. The van der Waals surface area contributed by atoms with Crippen LogP contribution in [0.2, 0.25) is 0 Å². The number of benzene rings is 2. The maximum absolute atomic E-state index is 14.6. The number of hydrogen-bond acceptors (Lipinski definition) is 4. The van der Waals surface area contributed by atoms with Gasteiger partial charge in [-0.1, -0.05) is 47.6 Å². The van der Waals surface area contributed by atoms with Crippen LogP contribution in [0.4, 0.5) is 4.39 Å². The van der Waals surface area contributed by atoms with E-state index in [1.807, 2.05) is 48.5 Å². The quantitative estimate of drug-likeness (QED) is 0.463. The lowest BCUT2D eigenvalue weighted by molar-refractivity contribution is -0.00139. The van der Waals surface area contributed by atoms with Gasteiger partial charge in [0.1, 0.15) is 17.3 Å². The minimum atomic E-state index is -0.219. The third-order valence-corrected chi connectivity index (χ3v) is 5.72. The fourth-order valence-corrected chi connectivity index (χ4v) is 4.08. The van der Waals surface area contributed by atoms with Gasteiger partial charge in [-0.25, -0.2) is 9.38 Å². The highest BCUT2D eigenvalue weighted by Crippen LogP contribution is 2.24. The number of hydrogen-bond donors (Lipinski definition) is 1. The van der Waals surface area contributed by atoms with Crippen molar-refractivity contribution >= 4 is 5.96 Å². The van der Waals surface area contributed by atoms with Gasteiger partial charge in [-0.3, -0.25) is 0 Å². The summed E-state index contributed by atoms with van der Waals surface area (Å²) < 4.78 is 25.6. The molecule has 7 heteroatoms. The molecule has 0 bridgehead atoms. The Hall–Kier alpha value is -3.19. The minimum absolute atomic E-state index is 0.184. The number of aliphatic imine (C=N–C) groups is 1. The van der Waals surface area contributed by atoms with Crippen LogP contribution in [-0.2, 0) is 24.1 Å². The predicted molar refractivity (Wildman–Crippen MR) is 123 cm³/mol. The van der Waals surface area contributed by atoms with Crippen LogP contribution >= 0.6 is 0 Å². The summed E-state index contributed by atoms with van der Waals surface area (Å²) in [6.45, 7) is 5.78. The van der Waals surface area contributed by atoms with Crippen molar-refractivity contribution in [1.29, 1.82) is 0 Å². The summed E-state index contributed by atoms with van der Waals surface area (Å²) in [5, 5.41) is 4.10. The number of rotatable bonds is 6. The van der Waals surface area contributed by atoms with Gasteiger partial charge < -0.3 is 19.9 Å². The maximum atomic E-state index is 14.6. The van der Waals surface area contributed by atoms with Crippen molar-refractivity contribution in [3.63, 3.8) is 0 Å². The summed E-state index contributed by atoms with van der Waals surface area (Å²) in [7, 11) is 0. The number of guanidine groups is 1. The molecule has 0 aliphatic carbocycles. The lowest BCUT2D eigenvalue weighted by Crippen LogP contribution is -2.55. The van der Waals surface area contributed by atoms with Crippen LogP contribution in [0.3, 0.4) is 0 Å². The largest absolute Gasteiger partial charge is 0.377 e. The topological polar surface area (TPSA) is 76.9 Å². The second-order valence-electron chi connectivity index (χ2n) is 8.28. The van der Waals surface area contributed by atoms with Crippen molar-refractivity contribution in [3.8, 4) is 11.1 Å². The van der Waals surface area contributed by atoms with Crippen LogP contribution in [0.5, 0.6) is 0 Å². The molecule has 168 valence electrons. The number of aromatic nitrogens is 1. The third kappa shape index (κ3) is 5.16. The molecule has 0 spiro atoms. The zero-order valence-electron chi connectivity index (χ0n) is 18.5. The van der Waals surface area contributed by atoms with Crippen LogP contribution in [0.25, 0.3) is 11.1 Å². The van der Waals surface area contributed by atoms with E-state index in [1.54, 1.807) is 6.07 Å². The predicted octanol–water partition coefficient (Wildman–Crippen LogP) is 4.19. The van der Waals surface area contributed by atoms with E-state index in [0.29, 0.717) is 44.1 Å². The lowest BCUT2D eigenvalue weighted by Gasteiger charge is -2.39. The average Bonchev–Trinajstić information content (AvgIpc) is 3.25. The molecule has 0 amide bonds. The van der Waals surface area contributed by atoms with Crippen molar-refractivity contribution in [1.82, 2.24) is 10.1 Å². The molecular formula is C25H29FN4O2. The molecule has 2 unspecified atom stereocenters. The van der Waals surface area contributed by atoms with E-state index >= 15 is 0 Å². The number of aryl methyl sites for hydroxylation is 2. The van der Waals surface area contributed by atoms with Crippen LogP contribution < -0.4 is 5.73 Å². The van der Waals surface area contributed by atoms with Gasteiger partial charge in [0.2, 0.25) is 0 Å². The minimum Gasteiger partial charge on any atom is -0.377 e. The van der Waals surface area contributed by atoms with Crippen LogP contribution in [-0.4, -0.2) is 41.3 Å². The van der Waals surface area contributed by atoms with E-state index in [-0.39, 0.29) is 17.9 Å². The molecule has 2 atom stereocenters. The molecule has 32 heavy (non-hydrogen) atoms. The molecule has 1 fully saturated rings. The fourth-order valence-electron chi connectivity index (χ4n) is 4.08. The summed E-state index contributed by atoms with van der Waals surface area (Å²) in [6, 6.07) is 17.2. The van der Waals surface area contributed by atoms with E-state index in [1.165, 1.54) is 0 Å². The molecule has 2 heterocycles. The average molecular weight is 437 g/mol. The zero-order chi connectivity index (χ0) is 22.5. The highest BCUT2D eigenvalue weighted by Gasteiger charge is 2.26. The molecule has 0 radical (unpaired) electrons. The second kappa shape index (κ2) is 9.96. The van der Waals surface area contributed by atoms with Gasteiger partial charge in [-0.05, 0) is 37.5 Å². The Morgan fingerprint density at radius 1 is 1.09 bits per heavy atom. The first-order chi connectivity index (χ1) is 15.5. The standard InChI is InChI=1S/C25H29FN4O2/c1-17-15-31-16-18(2)30(17)25(27)28-14-21-13-22(32-29-21)10-8-19-9-11-23(24(26)12-19)20-6-4-3-5-7-20/h3-7,9,11-13,17-18H,8,10,14-16H2,1-2H3,(H2,27,28). The lowest BCUT2D eigenvalue weighted by atomic mass is 10.0. The van der Waals surface area contributed by atoms with Crippen LogP contribution in [0.1, 0.15) is 30.9 Å². The first-order valence-electron chi connectivity index (χ1n) is 11.0. The first kappa shape index (κ1) is 22.0. The van der Waals surface area contributed by atoms with Gasteiger partial charge in [-0.2, -0.15) is 0 Å². The monoisotopic (exact) mass is 436 g/mol. The molecule has 2 N–H and O–H groups in total. The SMILES string of the molecule is CC1COCC(C)N1C(N)=NCc1cc(CCc2ccc(-c3ccccc3)c(F)c2)on1. The summed E-state index contributed by atoms with van der Waals surface area (Å²) in [5.74, 6) is 1.02. The Labute approximate surface area is 187 Å². The van der Waals surface area contributed by atoms with E-state index in [9.17, 15) is 4.39 Å². The number of ether oxygens (including phenoxy) is 1. The summed E-state index contributed by atoms with van der Waals surface area (Å²) in [5.41, 5.74) is 9.33. The van der Waals surface area contributed by atoms with Crippen molar-refractivity contribution in [2.24, 2.45) is 10.7 Å². The molecule has 1 saturated heterocycles. The van der Waals surface area contributed by atoms with Gasteiger partial charge >= 0.3 is 0 Å². The van der Waals surface area contributed by atoms with E-state index < -0.39 is 0 Å². The molecule has 6 nitrogen and oxygen atoms in total. The molecule has 2 aromatic carbocycles. The number of nitrogens with two attached hydrogens (primary N) is 1. The fraction of sp³-hybridized carbons (Fsp3) is 0.360. The van der Waals surface area contributed by atoms with E-state index in [0.717, 1.165) is 22.6 Å². The molecule has 0 saturated carbocycles. The van der Waals surface area contributed by atoms with Crippen LogP contribution in [0.15, 0.2) is 64.1 Å². The van der Waals surface area contributed by atoms with Crippen molar-refractivity contribution in [2.45, 2.75) is 45.3 Å². The Morgan fingerprint density at radius 2 is 1.84 bits per heavy atom. The van der Waals surface area contributed by atoms with E-state index in [2.05, 4.69) is 28.9 Å². The van der Waals surface area contributed by atoms with Gasteiger partial charge in [0.25, 0.3) is 0 Å². The molecule has 4 rings (SSSR count). The normalized spacial score (nSPS) is 19.3.